The second-order valence-corrected chi connectivity index (χ2v) is 5.59. The molecule has 0 radical (unpaired) electrons. The van der Waals surface area contributed by atoms with Gasteiger partial charge in [0.2, 0.25) is 0 Å². The fourth-order valence-corrected chi connectivity index (χ4v) is 2.56. The Morgan fingerprint density at radius 3 is 2.89 bits per heavy atom. The highest BCUT2D eigenvalue weighted by Gasteiger charge is 2.24. The monoisotopic (exact) mass is 262 g/mol. The zero-order valence-corrected chi connectivity index (χ0v) is 11.6. The van der Waals surface area contributed by atoms with Crippen LogP contribution in [0.5, 0.6) is 0 Å². The van der Waals surface area contributed by atoms with Crippen molar-refractivity contribution in [2.24, 2.45) is 10.9 Å². The summed E-state index contributed by atoms with van der Waals surface area (Å²) in [7, 11) is 0. The fraction of sp³-hybridized carbons (Fsp3) is 0.600. The predicted octanol–water partition coefficient (Wildman–Crippen LogP) is 1.61. The summed E-state index contributed by atoms with van der Waals surface area (Å²) in [4.78, 5) is 16.1. The van der Waals surface area contributed by atoms with E-state index in [0.29, 0.717) is 25.3 Å². The SMILES string of the molecule is CC(C)CC(CO)NCC1=CCC2=C1N=CCC2=O. The number of rotatable bonds is 6. The number of nitrogens with one attached hydrogen (secondary N) is 1. The summed E-state index contributed by atoms with van der Waals surface area (Å²) in [5.74, 6) is 0.739. The Morgan fingerprint density at radius 2 is 2.21 bits per heavy atom. The van der Waals surface area contributed by atoms with Crippen LogP contribution in [-0.2, 0) is 4.79 Å². The molecule has 2 rings (SSSR count). The topological polar surface area (TPSA) is 61.7 Å². The Kier molecular flexibility index (Phi) is 4.66. The molecule has 104 valence electrons. The second kappa shape index (κ2) is 6.26. The molecule has 1 unspecified atom stereocenters. The van der Waals surface area contributed by atoms with E-state index in [1.165, 1.54) is 0 Å². The number of ketones is 1. The van der Waals surface area contributed by atoms with Crippen LogP contribution in [0.25, 0.3) is 0 Å². The number of aliphatic hydroxyl groups is 1. The van der Waals surface area contributed by atoms with Gasteiger partial charge < -0.3 is 10.4 Å². The molecule has 1 aliphatic heterocycles. The van der Waals surface area contributed by atoms with E-state index in [-0.39, 0.29) is 18.4 Å². The summed E-state index contributed by atoms with van der Waals surface area (Å²) in [5.41, 5.74) is 2.79. The molecular formula is C15H22N2O2. The van der Waals surface area contributed by atoms with Crippen LogP contribution < -0.4 is 5.32 Å². The molecule has 0 aromatic heterocycles. The van der Waals surface area contributed by atoms with Crippen LogP contribution in [0.1, 0.15) is 33.1 Å². The van der Waals surface area contributed by atoms with Gasteiger partial charge in [0.1, 0.15) is 0 Å². The first-order valence-electron chi connectivity index (χ1n) is 6.94. The maximum Gasteiger partial charge on any atom is 0.166 e. The largest absolute Gasteiger partial charge is 0.395 e. The number of nitrogens with zero attached hydrogens (tertiary/aromatic N) is 1. The van der Waals surface area contributed by atoms with Crippen molar-refractivity contribution < 1.29 is 9.90 Å². The lowest BCUT2D eigenvalue weighted by molar-refractivity contribution is -0.114. The Hall–Kier alpha value is -1.26. The second-order valence-electron chi connectivity index (χ2n) is 5.59. The zero-order chi connectivity index (χ0) is 13.8. The number of carbonyl (C=O) groups excluding carboxylic acids is 1. The van der Waals surface area contributed by atoms with E-state index >= 15 is 0 Å². The van der Waals surface area contributed by atoms with Crippen molar-refractivity contribution in [2.75, 3.05) is 13.2 Å². The first-order valence-corrected chi connectivity index (χ1v) is 6.94. The molecule has 0 spiro atoms. The number of carbonyl (C=O) groups is 1. The van der Waals surface area contributed by atoms with Crippen molar-refractivity contribution in [2.45, 2.75) is 39.2 Å². The van der Waals surface area contributed by atoms with Crippen LogP contribution in [0, 0.1) is 5.92 Å². The van der Waals surface area contributed by atoms with E-state index in [0.717, 1.165) is 23.3 Å². The molecule has 0 amide bonds. The zero-order valence-electron chi connectivity index (χ0n) is 11.6. The van der Waals surface area contributed by atoms with Crippen LogP contribution in [0.2, 0.25) is 0 Å². The summed E-state index contributed by atoms with van der Waals surface area (Å²) >= 11 is 0. The molecule has 0 saturated heterocycles. The minimum absolute atomic E-state index is 0.105. The number of aliphatic imine (C=N–C) groups is 1. The molecule has 4 heteroatoms. The van der Waals surface area contributed by atoms with Crippen LogP contribution in [0.15, 0.2) is 27.9 Å². The molecule has 0 bridgehead atoms. The molecule has 4 nitrogen and oxygen atoms in total. The number of allylic oxidation sites excluding steroid dienone is 2. The van der Waals surface area contributed by atoms with Gasteiger partial charge in [-0.25, -0.2) is 0 Å². The first-order chi connectivity index (χ1) is 9.11. The van der Waals surface area contributed by atoms with E-state index < -0.39 is 0 Å². The molecule has 0 saturated carbocycles. The summed E-state index contributed by atoms with van der Waals surface area (Å²) in [5, 5.41) is 12.7. The third kappa shape index (κ3) is 3.39. The van der Waals surface area contributed by atoms with E-state index in [1.807, 2.05) is 0 Å². The van der Waals surface area contributed by atoms with Gasteiger partial charge in [-0.1, -0.05) is 19.9 Å². The lowest BCUT2D eigenvalue weighted by Crippen LogP contribution is -2.35. The van der Waals surface area contributed by atoms with Crippen molar-refractivity contribution in [3.8, 4) is 0 Å². The molecule has 2 N–H and O–H groups in total. The molecule has 1 aliphatic carbocycles. The summed E-state index contributed by atoms with van der Waals surface area (Å²) in [6.07, 6.45) is 5.84. The Morgan fingerprint density at radius 1 is 1.42 bits per heavy atom. The average Bonchev–Trinajstić information content (AvgIpc) is 2.79. The minimum Gasteiger partial charge on any atom is -0.395 e. The average molecular weight is 262 g/mol. The number of hydrogen-bond acceptors (Lipinski definition) is 4. The molecule has 0 fully saturated rings. The van der Waals surface area contributed by atoms with Crippen molar-refractivity contribution in [3.05, 3.63) is 22.9 Å². The first kappa shape index (κ1) is 14.2. The standard InChI is InChI=1S/C15H22N2O2/c1-10(2)7-12(9-18)17-8-11-3-4-13-14(19)5-6-16-15(11)13/h3,6,10,12,17-18H,4-5,7-9H2,1-2H3. The third-order valence-electron chi connectivity index (χ3n) is 3.53. The number of aliphatic hydroxyl groups excluding tert-OH is 1. The Labute approximate surface area is 114 Å². The van der Waals surface area contributed by atoms with Gasteiger partial charge in [0.05, 0.1) is 12.3 Å². The van der Waals surface area contributed by atoms with Crippen molar-refractivity contribution in [3.63, 3.8) is 0 Å². The highest BCUT2D eigenvalue weighted by molar-refractivity contribution is 6.07. The van der Waals surface area contributed by atoms with Crippen LogP contribution >= 0.6 is 0 Å². The van der Waals surface area contributed by atoms with Crippen molar-refractivity contribution in [1.29, 1.82) is 0 Å². The Balaban J connectivity index is 1.94. The highest BCUT2D eigenvalue weighted by Crippen LogP contribution is 2.30. The van der Waals surface area contributed by atoms with E-state index in [2.05, 4.69) is 30.2 Å². The third-order valence-corrected chi connectivity index (χ3v) is 3.53. The quantitative estimate of drug-likeness (QED) is 0.764. The Bertz CT molecular complexity index is 447. The lowest BCUT2D eigenvalue weighted by atomic mass is 10.0. The lowest BCUT2D eigenvalue weighted by Gasteiger charge is -2.19. The molecule has 19 heavy (non-hydrogen) atoms. The van der Waals surface area contributed by atoms with Crippen LogP contribution in [0.3, 0.4) is 0 Å². The van der Waals surface area contributed by atoms with E-state index in [4.69, 9.17) is 0 Å². The van der Waals surface area contributed by atoms with Crippen molar-refractivity contribution in [1.82, 2.24) is 5.32 Å². The predicted molar refractivity (Wildman–Crippen MR) is 76.2 cm³/mol. The van der Waals surface area contributed by atoms with Crippen LogP contribution in [-0.4, -0.2) is 36.3 Å². The normalized spacial score (nSPS) is 20.0. The number of hydrogen-bond donors (Lipinski definition) is 2. The van der Waals surface area contributed by atoms with Gasteiger partial charge in [-0.2, -0.15) is 0 Å². The maximum atomic E-state index is 11.7. The maximum absolute atomic E-state index is 11.7. The summed E-state index contributed by atoms with van der Waals surface area (Å²) in [6, 6.07) is 0.105. The molecule has 2 aliphatic rings. The van der Waals surface area contributed by atoms with Crippen LogP contribution in [0.4, 0.5) is 0 Å². The molecule has 1 atom stereocenters. The molecular weight excluding hydrogens is 240 g/mol. The molecule has 1 heterocycles. The van der Waals surface area contributed by atoms with E-state index in [1.54, 1.807) is 6.21 Å². The molecule has 0 aromatic carbocycles. The van der Waals surface area contributed by atoms with Gasteiger partial charge in [0, 0.05) is 30.8 Å². The highest BCUT2D eigenvalue weighted by atomic mass is 16.3. The summed E-state index contributed by atoms with van der Waals surface area (Å²) < 4.78 is 0. The van der Waals surface area contributed by atoms with Gasteiger partial charge in [-0.3, -0.25) is 9.79 Å². The van der Waals surface area contributed by atoms with Gasteiger partial charge in [-0.15, -0.1) is 0 Å². The summed E-state index contributed by atoms with van der Waals surface area (Å²) in [6.45, 7) is 5.09. The van der Waals surface area contributed by atoms with Gasteiger partial charge >= 0.3 is 0 Å². The minimum atomic E-state index is 0.105. The van der Waals surface area contributed by atoms with Gasteiger partial charge in [-0.05, 0) is 24.3 Å². The number of Topliss-reactive ketones (excluding diaryl/α,β-unsaturated/α-hetero) is 1. The van der Waals surface area contributed by atoms with E-state index in [9.17, 15) is 9.90 Å². The molecule has 0 aromatic rings. The fourth-order valence-electron chi connectivity index (χ4n) is 2.56. The van der Waals surface area contributed by atoms with Gasteiger partial charge in [0.25, 0.3) is 0 Å². The smallest absolute Gasteiger partial charge is 0.166 e. The van der Waals surface area contributed by atoms with Crippen molar-refractivity contribution >= 4 is 12.0 Å². The van der Waals surface area contributed by atoms with Gasteiger partial charge in [0.15, 0.2) is 5.78 Å².